The van der Waals surface area contributed by atoms with Crippen LogP contribution in [0.2, 0.25) is 0 Å². The lowest BCUT2D eigenvalue weighted by Gasteiger charge is -2.26. The summed E-state index contributed by atoms with van der Waals surface area (Å²) < 4.78 is 16.5. The molecule has 0 saturated carbocycles. The highest BCUT2D eigenvalue weighted by Gasteiger charge is 2.47. The Morgan fingerprint density at radius 3 is 2.45 bits per heavy atom. The standard InChI is InChI=1S/C26H21NO6/c1-31-19-9-5-6-16(14-19)23-22(25(29)26(30)27(23)18-7-3-2-4-8-18)24(28)17-10-11-20-21(15-17)33-13-12-32-20/h2-11,14-15,23,28H,12-13H2,1H3/b24-22-. The number of ketones is 1. The zero-order valence-electron chi connectivity index (χ0n) is 17.9. The van der Waals surface area contributed by atoms with Crippen LogP contribution in [-0.4, -0.2) is 37.1 Å². The number of aliphatic hydroxyl groups is 1. The molecule has 1 fully saturated rings. The number of anilines is 1. The molecular weight excluding hydrogens is 422 g/mol. The number of amides is 1. The summed E-state index contributed by atoms with van der Waals surface area (Å²) in [5.41, 5.74) is 1.54. The fourth-order valence-corrected chi connectivity index (χ4v) is 4.16. The number of hydrogen-bond acceptors (Lipinski definition) is 6. The minimum atomic E-state index is -0.837. The Labute approximate surface area is 190 Å². The number of fused-ring (bicyclic) bond motifs is 1. The van der Waals surface area contributed by atoms with Gasteiger partial charge in [-0.25, -0.2) is 0 Å². The Kier molecular flexibility index (Phi) is 5.22. The van der Waals surface area contributed by atoms with Crippen LogP contribution >= 0.6 is 0 Å². The van der Waals surface area contributed by atoms with E-state index in [2.05, 4.69) is 0 Å². The van der Waals surface area contributed by atoms with Crippen LogP contribution in [-0.2, 0) is 9.59 Å². The highest BCUT2D eigenvalue weighted by molar-refractivity contribution is 6.51. The SMILES string of the molecule is COc1cccc(C2/C(=C(/O)c3ccc4c(c3)OCCO4)C(=O)C(=O)N2c2ccccc2)c1. The highest BCUT2D eigenvalue weighted by atomic mass is 16.6. The number of nitrogens with zero attached hydrogens (tertiary/aromatic N) is 1. The van der Waals surface area contributed by atoms with E-state index in [0.29, 0.717) is 47.3 Å². The monoisotopic (exact) mass is 443 g/mol. The van der Waals surface area contributed by atoms with Crippen molar-refractivity contribution >= 4 is 23.1 Å². The normalized spacial score (nSPS) is 18.9. The molecule has 1 saturated heterocycles. The number of hydrogen-bond donors (Lipinski definition) is 1. The second kappa shape index (κ2) is 8.35. The van der Waals surface area contributed by atoms with E-state index in [-0.39, 0.29) is 11.3 Å². The average Bonchev–Trinajstić information content (AvgIpc) is 3.14. The summed E-state index contributed by atoms with van der Waals surface area (Å²) >= 11 is 0. The molecule has 1 N–H and O–H groups in total. The van der Waals surface area contributed by atoms with Crippen LogP contribution in [0.4, 0.5) is 5.69 Å². The predicted octanol–water partition coefficient (Wildman–Crippen LogP) is 4.09. The summed E-state index contributed by atoms with van der Waals surface area (Å²) in [6, 6.07) is 20.1. The lowest BCUT2D eigenvalue weighted by molar-refractivity contribution is -0.132. The molecule has 1 atom stereocenters. The molecule has 3 aromatic carbocycles. The lowest BCUT2D eigenvalue weighted by Crippen LogP contribution is -2.29. The second-order valence-corrected chi connectivity index (χ2v) is 7.64. The number of carbonyl (C=O) groups is 2. The highest BCUT2D eigenvalue weighted by Crippen LogP contribution is 2.43. The first kappa shape index (κ1) is 20.6. The van der Waals surface area contributed by atoms with Crippen LogP contribution in [0.25, 0.3) is 5.76 Å². The molecule has 0 aromatic heterocycles. The van der Waals surface area contributed by atoms with Gasteiger partial charge in [-0.05, 0) is 48.0 Å². The quantitative estimate of drug-likeness (QED) is 0.371. The van der Waals surface area contributed by atoms with Crippen LogP contribution in [0.15, 0.2) is 78.4 Å². The average molecular weight is 443 g/mol. The van der Waals surface area contributed by atoms with Crippen LogP contribution < -0.4 is 19.1 Å². The number of rotatable bonds is 4. The van der Waals surface area contributed by atoms with E-state index >= 15 is 0 Å². The first-order valence-corrected chi connectivity index (χ1v) is 10.5. The molecule has 2 heterocycles. The molecule has 0 bridgehead atoms. The molecule has 0 aliphatic carbocycles. The van der Waals surface area contributed by atoms with Crippen molar-refractivity contribution in [2.45, 2.75) is 6.04 Å². The zero-order valence-corrected chi connectivity index (χ0v) is 17.9. The molecule has 1 amide bonds. The summed E-state index contributed by atoms with van der Waals surface area (Å²) in [5, 5.41) is 11.3. The van der Waals surface area contributed by atoms with Crippen molar-refractivity contribution in [3.05, 3.63) is 89.5 Å². The molecule has 1 unspecified atom stereocenters. The molecule has 2 aliphatic rings. The number of benzene rings is 3. The molecule has 166 valence electrons. The third-order valence-corrected chi connectivity index (χ3v) is 5.70. The van der Waals surface area contributed by atoms with E-state index in [0.717, 1.165) is 0 Å². The molecule has 5 rings (SSSR count). The minimum absolute atomic E-state index is 0.00576. The van der Waals surface area contributed by atoms with Crippen molar-refractivity contribution in [2.75, 3.05) is 25.2 Å². The van der Waals surface area contributed by atoms with E-state index in [1.54, 1.807) is 73.8 Å². The van der Waals surface area contributed by atoms with Gasteiger partial charge >= 0.3 is 0 Å². The van der Waals surface area contributed by atoms with Crippen LogP contribution in [0, 0.1) is 0 Å². The van der Waals surface area contributed by atoms with Crippen LogP contribution in [0.3, 0.4) is 0 Å². The van der Waals surface area contributed by atoms with Gasteiger partial charge < -0.3 is 19.3 Å². The summed E-state index contributed by atoms with van der Waals surface area (Å²) in [6.07, 6.45) is 0. The van der Waals surface area contributed by atoms with Crippen LogP contribution in [0.5, 0.6) is 17.2 Å². The zero-order chi connectivity index (χ0) is 22.9. The minimum Gasteiger partial charge on any atom is -0.507 e. The van der Waals surface area contributed by atoms with Crippen molar-refractivity contribution < 1.29 is 28.9 Å². The van der Waals surface area contributed by atoms with Gasteiger partial charge in [0, 0.05) is 11.3 Å². The van der Waals surface area contributed by atoms with Gasteiger partial charge in [0.1, 0.15) is 24.7 Å². The molecular formula is C26H21NO6. The van der Waals surface area contributed by atoms with Gasteiger partial charge in [0.25, 0.3) is 11.7 Å². The smallest absolute Gasteiger partial charge is 0.300 e. The summed E-state index contributed by atoms with van der Waals surface area (Å²) in [4.78, 5) is 27.8. The topological polar surface area (TPSA) is 85.3 Å². The van der Waals surface area contributed by atoms with Gasteiger partial charge in [0.05, 0.1) is 18.7 Å². The number of ether oxygens (including phenoxy) is 3. The molecule has 7 heteroatoms. The fraction of sp³-hybridized carbons (Fsp3) is 0.154. The van der Waals surface area contributed by atoms with Gasteiger partial charge in [-0.2, -0.15) is 0 Å². The van der Waals surface area contributed by atoms with Gasteiger partial charge in [-0.3, -0.25) is 14.5 Å². The van der Waals surface area contributed by atoms with Crippen molar-refractivity contribution in [1.29, 1.82) is 0 Å². The number of carbonyl (C=O) groups excluding carboxylic acids is 2. The number of aliphatic hydroxyl groups excluding tert-OH is 1. The number of para-hydroxylation sites is 1. The summed E-state index contributed by atoms with van der Waals surface area (Å²) in [6.45, 7) is 0.829. The molecule has 33 heavy (non-hydrogen) atoms. The lowest BCUT2D eigenvalue weighted by atomic mass is 9.94. The third-order valence-electron chi connectivity index (χ3n) is 5.70. The van der Waals surface area contributed by atoms with Gasteiger partial charge in [0.2, 0.25) is 0 Å². The molecule has 3 aromatic rings. The Morgan fingerprint density at radius 2 is 1.70 bits per heavy atom. The third kappa shape index (κ3) is 3.57. The molecule has 0 spiro atoms. The maximum Gasteiger partial charge on any atom is 0.300 e. The molecule has 7 nitrogen and oxygen atoms in total. The Bertz CT molecular complexity index is 1270. The maximum absolute atomic E-state index is 13.2. The Hall–Kier alpha value is -4.26. The van der Waals surface area contributed by atoms with E-state index in [1.807, 2.05) is 6.07 Å². The largest absolute Gasteiger partial charge is 0.507 e. The predicted molar refractivity (Wildman–Crippen MR) is 122 cm³/mol. The van der Waals surface area contributed by atoms with E-state index in [9.17, 15) is 14.7 Å². The Morgan fingerprint density at radius 1 is 0.939 bits per heavy atom. The van der Waals surface area contributed by atoms with Crippen molar-refractivity contribution in [3.63, 3.8) is 0 Å². The van der Waals surface area contributed by atoms with E-state index in [4.69, 9.17) is 14.2 Å². The Balaban J connectivity index is 1.70. The molecule has 2 aliphatic heterocycles. The molecule has 0 radical (unpaired) electrons. The van der Waals surface area contributed by atoms with Crippen molar-refractivity contribution in [2.24, 2.45) is 0 Å². The van der Waals surface area contributed by atoms with Gasteiger partial charge in [-0.15, -0.1) is 0 Å². The first-order chi connectivity index (χ1) is 16.1. The van der Waals surface area contributed by atoms with E-state index < -0.39 is 17.7 Å². The summed E-state index contributed by atoms with van der Waals surface area (Å²) in [7, 11) is 1.54. The van der Waals surface area contributed by atoms with Crippen LogP contribution in [0.1, 0.15) is 17.2 Å². The maximum atomic E-state index is 13.2. The van der Waals surface area contributed by atoms with Gasteiger partial charge in [-0.1, -0.05) is 30.3 Å². The van der Waals surface area contributed by atoms with E-state index in [1.165, 1.54) is 4.90 Å². The first-order valence-electron chi connectivity index (χ1n) is 10.5. The van der Waals surface area contributed by atoms with Crippen molar-refractivity contribution in [1.82, 2.24) is 0 Å². The fourth-order valence-electron chi connectivity index (χ4n) is 4.16. The second-order valence-electron chi connectivity index (χ2n) is 7.64. The van der Waals surface area contributed by atoms with Crippen molar-refractivity contribution in [3.8, 4) is 17.2 Å². The number of Topliss-reactive ketones (excluding diaryl/α,β-unsaturated/α-hetero) is 1. The number of methoxy groups -OCH3 is 1. The summed E-state index contributed by atoms with van der Waals surface area (Å²) in [5.74, 6) is -0.151. The van der Waals surface area contributed by atoms with Gasteiger partial charge in [0.15, 0.2) is 11.5 Å².